The van der Waals surface area contributed by atoms with Crippen molar-refractivity contribution < 1.29 is 0 Å². The van der Waals surface area contributed by atoms with Crippen molar-refractivity contribution in [1.82, 2.24) is 0 Å². The highest BCUT2D eigenvalue weighted by Gasteiger charge is 2.29. The van der Waals surface area contributed by atoms with Crippen molar-refractivity contribution in [3.8, 4) is 0 Å². The van der Waals surface area contributed by atoms with Crippen LogP contribution in [0.5, 0.6) is 0 Å². The summed E-state index contributed by atoms with van der Waals surface area (Å²) in [5.41, 5.74) is 0. The Hall–Kier alpha value is 0.350. The molecule has 48 valence electrons. The van der Waals surface area contributed by atoms with Crippen molar-refractivity contribution in [1.29, 1.82) is 0 Å². The Bertz CT molecular complexity index is 73.7. The first-order valence-electron chi connectivity index (χ1n) is 3.40. The molecular formula is C7H14S. The molecule has 0 nitrogen and oxygen atoms in total. The summed E-state index contributed by atoms with van der Waals surface area (Å²) in [6.45, 7) is 4.57. The Kier molecular flexibility index (Phi) is 1.86. The van der Waals surface area contributed by atoms with Crippen molar-refractivity contribution in [2.45, 2.75) is 31.9 Å². The fourth-order valence-corrected chi connectivity index (χ4v) is 1.93. The van der Waals surface area contributed by atoms with Gasteiger partial charge in [0.05, 0.1) is 0 Å². The van der Waals surface area contributed by atoms with Crippen molar-refractivity contribution in [3.05, 3.63) is 0 Å². The van der Waals surface area contributed by atoms with Crippen LogP contribution in [0.3, 0.4) is 0 Å². The van der Waals surface area contributed by atoms with Crippen molar-refractivity contribution in [3.63, 3.8) is 0 Å². The average molecular weight is 130 g/mol. The molecule has 1 saturated carbocycles. The van der Waals surface area contributed by atoms with Gasteiger partial charge in [0.1, 0.15) is 0 Å². The fraction of sp³-hybridized carbons (Fsp3) is 1.00. The zero-order valence-electron chi connectivity index (χ0n) is 5.59. The predicted molar refractivity (Wildman–Crippen MR) is 40.3 cm³/mol. The van der Waals surface area contributed by atoms with Gasteiger partial charge in [0.25, 0.3) is 0 Å². The molecule has 0 bridgehead atoms. The summed E-state index contributed by atoms with van der Waals surface area (Å²) >= 11 is 4.42. The van der Waals surface area contributed by atoms with E-state index < -0.39 is 0 Å². The quantitative estimate of drug-likeness (QED) is 0.517. The summed E-state index contributed by atoms with van der Waals surface area (Å²) in [6, 6.07) is 0. The highest BCUT2D eigenvalue weighted by Crippen LogP contribution is 2.37. The molecule has 2 unspecified atom stereocenters. The second-order valence-electron chi connectivity index (χ2n) is 3.05. The molecular weight excluding hydrogens is 116 g/mol. The van der Waals surface area contributed by atoms with Gasteiger partial charge in [0.2, 0.25) is 0 Å². The van der Waals surface area contributed by atoms with E-state index in [-0.39, 0.29) is 0 Å². The minimum Gasteiger partial charge on any atom is -0.176 e. The Morgan fingerprint density at radius 3 is 2.00 bits per heavy atom. The number of thiol groups is 1. The maximum absolute atomic E-state index is 4.42. The Morgan fingerprint density at radius 1 is 1.38 bits per heavy atom. The molecule has 0 aromatic carbocycles. The fourth-order valence-electron chi connectivity index (χ4n) is 1.29. The van der Waals surface area contributed by atoms with E-state index in [1.165, 1.54) is 12.8 Å². The molecule has 0 aromatic rings. The van der Waals surface area contributed by atoms with Gasteiger partial charge in [-0.15, -0.1) is 0 Å². The molecule has 0 spiro atoms. The Morgan fingerprint density at radius 2 is 2.00 bits per heavy atom. The lowest BCUT2D eigenvalue weighted by Crippen LogP contribution is -2.30. The van der Waals surface area contributed by atoms with Gasteiger partial charge in [-0.2, -0.15) is 12.6 Å². The van der Waals surface area contributed by atoms with E-state index in [0.29, 0.717) is 0 Å². The number of hydrogen-bond donors (Lipinski definition) is 1. The van der Waals surface area contributed by atoms with E-state index in [4.69, 9.17) is 0 Å². The van der Waals surface area contributed by atoms with Crippen LogP contribution in [0.15, 0.2) is 0 Å². The summed E-state index contributed by atoms with van der Waals surface area (Å²) in [5.74, 6) is 1.77. The topological polar surface area (TPSA) is 0 Å². The van der Waals surface area contributed by atoms with Gasteiger partial charge >= 0.3 is 0 Å². The average Bonchev–Trinajstić information content (AvgIpc) is 1.61. The molecule has 1 fully saturated rings. The van der Waals surface area contributed by atoms with Crippen LogP contribution in [-0.4, -0.2) is 5.25 Å². The third kappa shape index (κ3) is 1.02. The van der Waals surface area contributed by atoms with Gasteiger partial charge in [-0.05, 0) is 24.7 Å². The molecule has 0 aliphatic heterocycles. The standard InChI is InChI=1S/C7H14S/c1-5(2)6-3-4-7(6)8/h5-8H,3-4H2,1-2H3. The largest absolute Gasteiger partial charge is 0.176 e. The molecule has 0 amide bonds. The molecule has 0 aromatic heterocycles. The second-order valence-corrected chi connectivity index (χ2v) is 3.72. The Balaban J connectivity index is 2.26. The molecule has 1 aliphatic rings. The highest BCUT2D eigenvalue weighted by molar-refractivity contribution is 7.81. The summed E-state index contributed by atoms with van der Waals surface area (Å²) < 4.78 is 0. The molecule has 0 heterocycles. The van der Waals surface area contributed by atoms with Crippen LogP contribution in [-0.2, 0) is 0 Å². The molecule has 0 N–H and O–H groups in total. The third-order valence-electron chi connectivity index (χ3n) is 2.15. The first-order valence-corrected chi connectivity index (χ1v) is 3.91. The molecule has 8 heavy (non-hydrogen) atoms. The smallest absolute Gasteiger partial charge is 0.00476 e. The van der Waals surface area contributed by atoms with E-state index in [2.05, 4.69) is 26.5 Å². The van der Waals surface area contributed by atoms with Gasteiger partial charge in [-0.1, -0.05) is 13.8 Å². The first kappa shape index (κ1) is 6.47. The molecule has 0 saturated heterocycles. The summed E-state index contributed by atoms with van der Waals surface area (Å²) in [5, 5.41) is 0.718. The van der Waals surface area contributed by atoms with Crippen molar-refractivity contribution >= 4 is 12.6 Å². The third-order valence-corrected chi connectivity index (χ3v) is 2.79. The SMILES string of the molecule is CC(C)C1CCC1S. The van der Waals surface area contributed by atoms with E-state index in [0.717, 1.165) is 17.1 Å². The van der Waals surface area contributed by atoms with Crippen molar-refractivity contribution in [2.75, 3.05) is 0 Å². The minimum absolute atomic E-state index is 0.718. The summed E-state index contributed by atoms with van der Waals surface area (Å²) in [7, 11) is 0. The van der Waals surface area contributed by atoms with Gasteiger partial charge in [-0.25, -0.2) is 0 Å². The van der Waals surface area contributed by atoms with Crippen LogP contribution < -0.4 is 0 Å². The van der Waals surface area contributed by atoms with E-state index >= 15 is 0 Å². The molecule has 2 atom stereocenters. The lowest BCUT2D eigenvalue weighted by Gasteiger charge is -2.36. The van der Waals surface area contributed by atoms with Crippen LogP contribution in [0.1, 0.15) is 26.7 Å². The van der Waals surface area contributed by atoms with E-state index in [9.17, 15) is 0 Å². The van der Waals surface area contributed by atoms with Crippen LogP contribution in [0.4, 0.5) is 0 Å². The lowest BCUT2D eigenvalue weighted by atomic mass is 9.77. The maximum atomic E-state index is 4.42. The number of hydrogen-bond acceptors (Lipinski definition) is 1. The zero-order valence-corrected chi connectivity index (χ0v) is 6.49. The van der Waals surface area contributed by atoms with E-state index in [1.807, 2.05) is 0 Å². The van der Waals surface area contributed by atoms with Crippen LogP contribution in [0.2, 0.25) is 0 Å². The van der Waals surface area contributed by atoms with Gasteiger partial charge in [-0.3, -0.25) is 0 Å². The first-order chi connectivity index (χ1) is 3.72. The second kappa shape index (κ2) is 2.30. The molecule has 1 heteroatoms. The monoisotopic (exact) mass is 130 g/mol. The van der Waals surface area contributed by atoms with E-state index in [1.54, 1.807) is 0 Å². The maximum Gasteiger partial charge on any atom is 0.00476 e. The normalized spacial score (nSPS) is 37.5. The lowest BCUT2D eigenvalue weighted by molar-refractivity contribution is 0.249. The van der Waals surface area contributed by atoms with Crippen LogP contribution in [0.25, 0.3) is 0 Å². The molecule has 1 aliphatic carbocycles. The zero-order chi connectivity index (χ0) is 6.15. The summed E-state index contributed by atoms with van der Waals surface area (Å²) in [6.07, 6.45) is 2.75. The van der Waals surface area contributed by atoms with Gasteiger partial charge in [0, 0.05) is 5.25 Å². The van der Waals surface area contributed by atoms with Gasteiger partial charge < -0.3 is 0 Å². The Labute approximate surface area is 57.1 Å². The number of rotatable bonds is 1. The summed E-state index contributed by atoms with van der Waals surface area (Å²) in [4.78, 5) is 0. The van der Waals surface area contributed by atoms with Crippen LogP contribution in [0, 0.1) is 11.8 Å². The van der Waals surface area contributed by atoms with Crippen LogP contribution >= 0.6 is 12.6 Å². The van der Waals surface area contributed by atoms with Crippen molar-refractivity contribution in [2.24, 2.45) is 11.8 Å². The minimum atomic E-state index is 0.718. The highest BCUT2D eigenvalue weighted by atomic mass is 32.1. The predicted octanol–water partition coefficient (Wildman–Crippen LogP) is 2.35. The molecule has 1 rings (SSSR count). The molecule has 0 radical (unpaired) electrons. The van der Waals surface area contributed by atoms with Gasteiger partial charge in [0.15, 0.2) is 0 Å².